The van der Waals surface area contributed by atoms with E-state index in [2.05, 4.69) is 27.9 Å². The predicted molar refractivity (Wildman–Crippen MR) is 139 cm³/mol. The number of hydrogen-bond acceptors (Lipinski definition) is 4. The van der Waals surface area contributed by atoms with Gasteiger partial charge in [0.2, 0.25) is 0 Å². The van der Waals surface area contributed by atoms with Crippen LogP contribution in [-0.2, 0) is 17.8 Å². The molecule has 0 unspecified atom stereocenters. The number of aryl methyl sites for hydroxylation is 1. The Morgan fingerprint density at radius 1 is 1.06 bits per heavy atom. The van der Waals surface area contributed by atoms with Gasteiger partial charge in [0.05, 0.1) is 10.2 Å². The van der Waals surface area contributed by atoms with Gasteiger partial charge in [-0.05, 0) is 76.9 Å². The van der Waals surface area contributed by atoms with Crippen LogP contribution in [0.1, 0.15) is 30.5 Å². The maximum atomic E-state index is 12.8. The molecule has 0 spiro atoms. The highest BCUT2D eigenvalue weighted by Crippen LogP contribution is 2.35. The topological polar surface area (TPSA) is 71.3 Å². The zero-order valence-electron chi connectivity index (χ0n) is 18.6. The van der Waals surface area contributed by atoms with Gasteiger partial charge in [-0.2, -0.15) is 5.26 Å². The molecule has 3 aromatic rings. The second-order valence-electron chi connectivity index (χ2n) is 7.17. The number of nitrogens with one attached hydrogen (secondary N) is 1. The minimum atomic E-state index is -0.448. The molecular weight excluding hydrogens is 527 g/mol. The van der Waals surface area contributed by atoms with E-state index in [-0.39, 0.29) is 5.57 Å². The van der Waals surface area contributed by atoms with Crippen molar-refractivity contribution in [3.63, 3.8) is 0 Å². The number of anilines is 1. The maximum Gasteiger partial charge on any atom is 0.266 e. The maximum absolute atomic E-state index is 12.8. The highest BCUT2D eigenvalue weighted by Gasteiger charge is 2.15. The van der Waals surface area contributed by atoms with E-state index in [1.807, 2.05) is 80.6 Å². The van der Waals surface area contributed by atoms with Crippen LogP contribution in [0.15, 0.2) is 72.3 Å². The zero-order valence-corrected chi connectivity index (χ0v) is 20.8. The molecule has 0 bridgehead atoms. The van der Waals surface area contributed by atoms with Crippen LogP contribution in [0.2, 0.25) is 0 Å². The summed E-state index contributed by atoms with van der Waals surface area (Å²) in [5.41, 5.74) is 3.47. The van der Waals surface area contributed by atoms with Gasteiger partial charge >= 0.3 is 0 Å². The van der Waals surface area contributed by atoms with E-state index in [1.54, 1.807) is 12.1 Å². The molecule has 0 aliphatic heterocycles. The van der Waals surface area contributed by atoms with Crippen molar-refractivity contribution in [1.82, 2.24) is 0 Å². The van der Waals surface area contributed by atoms with Crippen LogP contribution in [-0.4, -0.2) is 12.5 Å². The number of nitrogens with zero attached hydrogens (tertiary/aromatic N) is 1. The third-order valence-corrected chi connectivity index (χ3v) is 5.68. The molecule has 0 saturated heterocycles. The molecule has 33 heavy (non-hydrogen) atoms. The summed E-state index contributed by atoms with van der Waals surface area (Å²) < 4.78 is 12.7. The Labute approximate surface area is 208 Å². The lowest BCUT2D eigenvalue weighted by atomic mass is 10.1. The number of para-hydroxylation sites is 1. The monoisotopic (exact) mass is 552 g/mol. The Bertz CT molecular complexity index is 1180. The summed E-state index contributed by atoms with van der Waals surface area (Å²) in [6.07, 6.45) is 2.35. The lowest BCUT2D eigenvalue weighted by molar-refractivity contribution is -0.112. The van der Waals surface area contributed by atoms with Gasteiger partial charge in [0.15, 0.2) is 11.5 Å². The average Bonchev–Trinajstić information content (AvgIpc) is 2.83. The van der Waals surface area contributed by atoms with Gasteiger partial charge in [0.25, 0.3) is 5.91 Å². The van der Waals surface area contributed by atoms with E-state index < -0.39 is 5.91 Å². The Hall–Kier alpha value is -3.31. The average molecular weight is 552 g/mol. The van der Waals surface area contributed by atoms with Gasteiger partial charge in [0.1, 0.15) is 18.2 Å². The largest absolute Gasteiger partial charge is 0.490 e. The van der Waals surface area contributed by atoms with Gasteiger partial charge < -0.3 is 14.8 Å². The number of benzene rings is 3. The molecule has 0 aliphatic carbocycles. The summed E-state index contributed by atoms with van der Waals surface area (Å²) in [4.78, 5) is 12.8. The fraction of sp³-hybridized carbons (Fsp3) is 0.185. The fourth-order valence-electron chi connectivity index (χ4n) is 3.26. The number of rotatable bonds is 9. The normalized spacial score (nSPS) is 10.9. The quantitative estimate of drug-likeness (QED) is 0.190. The van der Waals surface area contributed by atoms with Gasteiger partial charge in [-0.25, -0.2) is 0 Å². The van der Waals surface area contributed by atoms with E-state index in [9.17, 15) is 10.1 Å². The molecular formula is C27H25IN2O3. The molecule has 168 valence electrons. The van der Waals surface area contributed by atoms with E-state index >= 15 is 0 Å². The minimum Gasteiger partial charge on any atom is -0.490 e. The minimum absolute atomic E-state index is 0.0112. The number of nitriles is 1. The summed E-state index contributed by atoms with van der Waals surface area (Å²) in [6, 6.07) is 23.1. The van der Waals surface area contributed by atoms with Crippen LogP contribution in [0.5, 0.6) is 11.5 Å². The van der Waals surface area contributed by atoms with E-state index in [1.165, 1.54) is 0 Å². The lowest BCUT2D eigenvalue weighted by Crippen LogP contribution is -2.14. The van der Waals surface area contributed by atoms with Crippen molar-refractivity contribution in [2.75, 3.05) is 11.9 Å². The SMILES string of the molecule is CCOc1cc(/C=C(\C#N)C(=O)Nc2ccccc2CC)cc(I)c1OCc1ccccc1. The third kappa shape index (κ3) is 6.59. The van der Waals surface area contributed by atoms with Crippen molar-refractivity contribution < 1.29 is 14.3 Å². The standard InChI is InChI=1S/C27H25IN2O3/c1-3-21-12-8-9-13-24(21)30-27(31)22(17-29)14-20-15-23(28)26(25(16-20)32-4-2)33-18-19-10-6-5-7-11-19/h5-16H,3-4,18H2,1-2H3,(H,30,31)/b22-14+. The Balaban J connectivity index is 1.86. The summed E-state index contributed by atoms with van der Waals surface area (Å²) >= 11 is 2.18. The second-order valence-corrected chi connectivity index (χ2v) is 8.33. The molecule has 0 heterocycles. The summed E-state index contributed by atoms with van der Waals surface area (Å²) in [7, 11) is 0. The van der Waals surface area contributed by atoms with Crippen molar-refractivity contribution >= 4 is 40.3 Å². The number of carbonyl (C=O) groups excluding carboxylic acids is 1. The summed E-state index contributed by atoms with van der Waals surface area (Å²) in [5.74, 6) is 0.759. The Kier molecular flexibility index (Phi) is 8.90. The molecule has 0 atom stereocenters. The van der Waals surface area contributed by atoms with Crippen molar-refractivity contribution in [3.8, 4) is 17.6 Å². The number of carbonyl (C=O) groups is 1. The number of ether oxygens (including phenoxy) is 2. The molecule has 0 fully saturated rings. The first-order valence-electron chi connectivity index (χ1n) is 10.7. The lowest BCUT2D eigenvalue weighted by Gasteiger charge is -2.15. The number of amides is 1. The molecule has 0 aromatic heterocycles. The first-order valence-corrected chi connectivity index (χ1v) is 11.8. The molecule has 3 aromatic carbocycles. The number of hydrogen-bond donors (Lipinski definition) is 1. The summed E-state index contributed by atoms with van der Waals surface area (Å²) in [6.45, 7) is 4.79. The third-order valence-electron chi connectivity index (χ3n) is 4.88. The van der Waals surface area contributed by atoms with Crippen LogP contribution in [0.4, 0.5) is 5.69 Å². The molecule has 0 aliphatic rings. The highest BCUT2D eigenvalue weighted by molar-refractivity contribution is 14.1. The van der Waals surface area contributed by atoms with Crippen LogP contribution in [0.3, 0.4) is 0 Å². The van der Waals surface area contributed by atoms with Crippen LogP contribution >= 0.6 is 22.6 Å². The van der Waals surface area contributed by atoms with E-state index in [0.717, 1.165) is 21.1 Å². The Morgan fingerprint density at radius 2 is 1.79 bits per heavy atom. The Morgan fingerprint density at radius 3 is 2.48 bits per heavy atom. The van der Waals surface area contributed by atoms with Crippen molar-refractivity contribution in [3.05, 3.63) is 92.6 Å². The number of halogens is 1. The molecule has 3 rings (SSSR count). The van der Waals surface area contributed by atoms with E-state index in [0.29, 0.717) is 36.0 Å². The molecule has 5 nitrogen and oxygen atoms in total. The predicted octanol–water partition coefficient (Wildman–Crippen LogP) is 6.38. The van der Waals surface area contributed by atoms with Crippen LogP contribution in [0, 0.1) is 14.9 Å². The van der Waals surface area contributed by atoms with Gasteiger partial charge in [0, 0.05) is 5.69 Å². The zero-order chi connectivity index (χ0) is 23.6. The smallest absolute Gasteiger partial charge is 0.266 e. The fourth-order valence-corrected chi connectivity index (χ4v) is 4.04. The van der Waals surface area contributed by atoms with E-state index in [4.69, 9.17) is 9.47 Å². The summed E-state index contributed by atoms with van der Waals surface area (Å²) in [5, 5.41) is 12.5. The second kappa shape index (κ2) is 12.1. The first kappa shape index (κ1) is 24.3. The van der Waals surface area contributed by atoms with Crippen LogP contribution in [0.25, 0.3) is 6.08 Å². The van der Waals surface area contributed by atoms with Crippen molar-refractivity contribution in [2.24, 2.45) is 0 Å². The van der Waals surface area contributed by atoms with Crippen molar-refractivity contribution in [2.45, 2.75) is 26.9 Å². The first-order chi connectivity index (χ1) is 16.0. The molecule has 6 heteroatoms. The highest BCUT2D eigenvalue weighted by atomic mass is 127. The molecule has 1 N–H and O–H groups in total. The van der Waals surface area contributed by atoms with Gasteiger partial charge in [-0.3, -0.25) is 4.79 Å². The van der Waals surface area contributed by atoms with Crippen molar-refractivity contribution in [1.29, 1.82) is 5.26 Å². The van der Waals surface area contributed by atoms with Crippen LogP contribution < -0.4 is 14.8 Å². The molecule has 1 amide bonds. The molecule has 0 saturated carbocycles. The molecule has 0 radical (unpaired) electrons. The van der Waals surface area contributed by atoms with Gasteiger partial charge in [-0.1, -0.05) is 55.5 Å². The van der Waals surface area contributed by atoms with Gasteiger partial charge in [-0.15, -0.1) is 0 Å².